The summed E-state index contributed by atoms with van der Waals surface area (Å²) in [6.45, 7) is 2.21. The van der Waals surface area contributed by atoms with Gasteiger partial charge in [0.25, 0.3) is 0 Å². The van der Waals surface area contributed by atoms with Gasteiger partial charge in [0.1, 0.15) is 12.4 Å². The van der Waals surface area contributed by atoms with Crippen molar-refractivity contribution in [3.05, 3.63) is 76.3 Å². The second-order valence-corrected chi connectivity index (χ2v) is 9.05. The molecule has 0 spiro atoms. The predicted molar refractivity (Wildman–Crippen MR) is 110 cm³/mol. The van der Waals surface area contributed by atoms with Crippen LogP contribution in [-0.2, 0) is 14.6 Å². The van der Waals surface area contributed by atoms with Crippen LogP contribution in [0.25, 0.3) is 6.08 Å². The number of hydrogen-bond donors (Lipinski definition) is 1. The Morgan fingerprint density at radius 3 is 2.61 bits per heavy atom. The predicted octanol–water partition coefficient (Wildman–Crippen LogP) is 3.95. The average molecular weight is 418 g/mol. The highest BCUT2D eigenvalue weighted by atomic mass is 35.5. The van der Waals surface area contributed by atoms with Crippen molar-refractivity contribution >= 4 is 33.4 Å². The van der Waals surface area contributed by atoms with Gasteiger partial charge in [-0.3, -0.25) is 4.79 Å². The second kappa shape index (κ2) is 8.20. The van der Waals surface area contributed by atoms with Crippen molar-refractivity contribution in [3.63, 3.8) is 0 Å². The van der Waals surface area contributed by atoms with Gasteiger partial charge in [0.2, 0.25) is 5.91 Å². The largest absolute Gasteiger partial charge is 0.488 e. The van der Waals surface area contributed by atoms with E-state index < -0.39 is 9.84 Å². The summed E-state index contributed by atoms with van der Waals surface area (Å²) in [6.07, 6.45) is 6.25. The average Bonchev–Trinajstić information content (AvgIpc) is 2.65. The molecule has 1 heterocycles. The van der Waals surface area contributed by atoms with Crippen molar-refractivity contribution in [2.45, 2.75) is 17.9 Å². The van der Waals surface area contributed by atoms with Crippen LogP contribution in [0.1, 0.15) is 24.1 Å². The van der Waals surface area contributed by atoms with E-state index in [2.05, 4.69) is 5.32 Å². The van der Waals surface area contributed by atoms with Crippen LogP contribution in [0, 0.1) is 0 Å². The maximum absolute atomic E-state index is 12.2. The van der Waals surface area contributed by atoms with Crippen LogP contribution in [0.3, 0.4) is 0 Å². The van der Waals surface area contributed by atoms with E-state index in [-0.39, 0.29) is 16.8 Å². The summed E-state index contributed by atoms with van der Waals surface area (Å²) in [5.41, 5.74) is 2.55. The molecule has 1 amide bonds. The van der Waals surface area contributed by atoms with E-state index in [1.54, 1.807) is 24.3 Å². The Hall–Kier alpha value is -2.57. The van der Waals surface area contributed by atoms with E-state index in [1.165, 1.54) is 18.2 Å². The third kappa shape index (κ3) is 5.03. The molecule has 1 aliphatic heterocycles. The summed E-state index contributed by atoms with van der Waals surface area (Å²) in [7, 11) is -3.24. The van der Waals surface area contributed by atoms with Gasteiger partial charge in [-0.25, -0.2) is 8.42 Å². The molecular weight excluding hydrogens is 398 g/mol. The Morgan fingerprint density at radius 1 is 1.21 bits per heavy atom. The normalized spacial score (nSPS) is 14.8. The number of hydrogen-bond acceptors (Lipinski definition) is 4. The Morgan fingerprint density at radius 2 is 1.93 bits per heavy atom. The zero-order chi connectivity index (χ0) is 20.3. The number of carbonyl (C=O) groups excluding carboxylic acids is 1. The number of fused-ring (bicyclic) bond motifs is 1. The van der Waals surface area contributed by atoms with Gasteiger partial charge in [0, 0.05) is 22.9 Å². The SMILES string of the molecule is CC(NC(=O)/C=C/C1=Cc2cc(Cl)ccc2OC1)c1ccc(S(C)(=O)=O)cc1. The number of benzene rings is 2. The number of carbonyl (C=O) groups is 1. The molecular formula is C21H20ClNO4S. The summed E-state index contributed by atoms with van der Waals surface area (Å²) in [6, 6.07) is 11.6. The van der Waals surface area contributed by atoms with Crippen LogP contribution in [-0.4, -0.2) is 27.2 Å². The van der Waals surface area contributed by atoms with Gasteiger partial charge in [-0.15, -0.1) is 0 Å². The first-order valence-corrected chi connectivity index (χ1v) is 10.9. The summed E-state index contributed by atoms with van der Waals surface area (Å²) in [5, 5.41) is 3.48. The van der Waals surface area contributed by atoms with Crippen molar-refractivity contribution in [2.75, 3.05) is 12.9 Å². The molecule has 1 unspecified atom stereocenters. The molecule has 0 radical (unpaired) electrons. The summed E-state index contributed by atoms with van der Waals surface area (Å²) in [4.78, 5) is 12.5. The minimum atomic E-state index is -3.24. The van der Waals surface area contributed by atoms with Crippen molar-refractivity contribution in [1.82, 2.24) is 5.32 Å². The molecule has 2 aromatic rings. The number of ether oxygens (including phenoxy) is 1. The van der Waals surface area contributed by atoms with E-state index in [4.69, 9.17) is 16.3 Å². The molecule has 0 aromatic heterocycles. The smallest absolute Gasteiger partial charge is 0.244 e. The van der Waals surface area contributed by atoms with Crippen molar-refractivity contribution in [3.8, 4) is 5.75 Å². The van der Waals surface area contributed by atoms with Gasteiger partial charge >= 0.3 is 0 Å². The maximum atomic E-state index is 12.2. The first-order valence-electron chi connectivity index (χ1n) is 8.64. The van der Waals surface area contributed by atoms with Gasteiger partial charge in [0.05, 0.1) is 10.9 Å². The fourth-order valence-electron chi connectivity index (χ4n) is 2.79. The minimum Gasteiger partial charge on any atom is -0.488 e. The molecule has 146 valence electrons. The van der Waals surface area contributed by atoms with Crippen LogP contribution in [0.4, 0.5) is 0 Å². The zero-order valence-corrected chi connectivity index (χ0v) is 17.0. The molecule has 0 bridgehead atoms. The van der Waals surface area contributed by atoms with E-state index in [9.17, 15) is 13.2 Å². The van der Waals surface area contributed by atoms with E-state index in [1.807, 2.05) is 25.1 Å². The van der Waals surface area contributed by atoms with Crippen LogP contribution in [0.15, 0.2) is 65.1 Å². The molecule has 1 N–H and O–H groups in total. The number of sulfone groups is 1. The second-order valence-electron chi connectivity index (χ2n) is 6.59. The Bertz CT molecular complexity index is 1060. The quantitative estimate of drug-likeness (QED) is 0.747. The highest BCUT2D eigenvalue weighted by Crippen LogP contribution is 2.29. The summed E-state index contributed by atoms with van der Waals surface area (Å²) < 4.78 is 28.7. The molecule has 28 heavy (non-hydrogen) atoms. The first kappa shape index (κ1) is 20.2. The Balaban J connectivity index is 1.63. The van der Waals surface area contributed by atoms with E-state index in [0.717, 1.165) is 28.7 Å². The molecule has 3 rings (SSSR count). The van der Waals surface area contributed by atoms with Crippen LogP contribution in [0.5, 0.6) is 5.75 Å². The lowest BCUT2D eigenvalue weighted by Crippen LogP contribution is -2.24. The topological polar surface area (TPSA) is 72.5 Å². The lowest BCUT2D eigenvalue weighted by molar-refractivity contribution is -0.117. The fourth-order valence-corrected chi connectivity index (χ4v) is 3.60. The number of amides is 1. The zero-order valence-electron chi connectivity index (χ0n) is 15.5. The molecule has 1 atom stereocenters. The van der Waals surface area contributed by atoms with Gasteiger partial charge < -0.3 is 10.1 Å². The third-order valence-electron chi connectivity index (χ3n) is 4.32. The molecule has 2 aromatic carbocycles. The van der Waals surface area contributed by atoms with E-state index in [0.29, 0.717) is 11.6 Å². The molecule has 0 aliphatic carbocycles. The minimum absolute atomic E-state index is 0.249. The molecule has 7 heteroatoms. The molecule has 0 saturated heterocycles. The Kier molecular flexibility index (Phi) is 5.91. The highest BCUT2D eigenvalue weighted by molar-refractivity contribution is 7.90. The highest BCUT2D eigenvalue weighted by Gasteiger charge is 2.12. The van der Waals surface area contributed by atoms with Crippen molar-refractivity contribution in [1.29, 1.82) is 0 Å². The van der Waals surface area contributed by atoms with Gasteiger partial charge in [0.15, 0.2) is 9.84 Å². The van der Waals surface area contributed by atoms with Gasteiger partial charge in [-0.2, -0.15) is 0 Å². The van der Waals surface area contributed by atoms with Crippen LogP contribution < -0.4 is 10.1 Å². The van der Waals surface area contributed by atoms with Gasteiger partial charge in [-0.05, 0) is 54.5 Å². The fraction of sp³-hybridized carbons (Fsp3) is 0.190. The summed E-state index contributed by atoms with van der Waals surface area (Å²) in [5.74, 6) is 0.509. The summed E-state index contributed by atoms with van der Waals surface area (Å²) >= 11 is 6.00. The lowest BCUT2D eigenvalue weighted by Gasteiger charge is -2.16. The molecule has 1 aliphatic rings. The molecule has 5 nitrogen and oxygen atoms in total. The Labute approximate surface area is 169 Å². The number of nitrogens with one attached hydrogen (secondary N) is 1. The van der Waals surface area contributed by atoms with Crippen molar-refractivity contribution in [2.24, 2.45) is 0 Å². The molecule has 0 fully saturated rings. The standard InChI is InChI=1S/C21H20ClNO4S/c1-14(16-4-7-19(8-5-16)28(2,25)26)23-21(24)10-3-15-11-17-12-18(22)6-9-20(17)27-13-15/h3-12,14H,13H2,1-2H3,(H,23,24)/b10-3+. The maximum Gasteiger partial charge on any atom is 0.244 e. The number of rotatable bonds is 5. The third-order valence-corrected chi connectivity index (χ3v) is 5.69. The van der Waals surface area contributed by atoms with Gasteiger partial charge in [-0.1, -0.05) is 29.8 Å². The van der Waals surface area contributed by atoms with E-state index >= 15 is 0 Å². The van der Waals surface area contributed by atoms with Crippen LogP contribution in [0.2, 0.25) is 5.02 Å². The first-order chi connectivity index (χ1) is 13.2. The monoisotopic (exact) mass is 417 g/mol. The molecule has 0 saturated carbocycles. The van der Waals surface area contributed by atoms with Crippen LogP contribution >= 0.6 is 11.6 Å². The number of halogens is 1. The van der Waals surface area contributed by atoms with Crippen molar-refractivity contribution < 1.29 is 17.9 Å². The lowest BCUT2D eigenvalue weighted by atomic mass is 10.1.